The topological polar surface area (TPSA) is 33.4 Å². The van der Waals surface area contributed by atoms with E-state index in [9.17, 15) is 9.50 Å². The Morgan fingerprint density at radius 1 is 1.32 bits per heavy atom. The molecule has 1 atom stereocenters. The van der Waals surface area contributed by atoms with Gasteiger partial charge in [0, 0.05) is 19.6 Å². The van der Waals surface area contributed by atoms with E-state index in [2.05, 4.69) is 15.9 Å². The third-order valence-corrected chi connectivity index (χ3v) is 5.10. The van der Waals surface area contributed by atoms with E-state index in [1.165, 1.54) is 23.5 Å². The van der Waals surface area contributed by atoms with Gasteiger partial charge >= 0.3 is 0 Å². The zero-order valence-corrected chi connectivity index (χ0v) is 12.4. The lowest BCUT2D eigenvalue weighted by Gasteiger charge is -2.03. The second-order valence-electron chi connectivity index (χ2n) is 4.29. The second-order valence-corrected chi connectivity index (χ2v) is 6.43. The highest BCUT2D eigenvalue weighted by Gasteiger charge is 2.18. The summed E-state index contributed by atoms with van der Waals surface area (Å²) in [5.74, 6) is 0.110. The van der Waals surface area contributed by atoms with Gasteiger partial charge in [-0.1, -0.05) is 0 Å². The molecule has 2 aromatic heterocycles. The van der Waals surface area contributed by atoms with Gasteiger partial charge in [0.15, 0.2) is 0 Å². The highest BCUT2D eigenvalue weighted by Crippen LogP contribution is 2.35. The first-order valence-electron chi connectivity index (χ1n) is 5.67. The SMILES string of the molecule is Cc1sc(C(O)c2cc3cc(F)ccc3o2)cc1Br. The van der Waals surface area contributed by atoms with Gasteiger partial charge in [0.2, 0.25) is 0 Å². The molecule has 0 aliphatic rings. The Labute approximate surface area is 121 Å². The molecule has 0 aliphatic heterocycles. The molecule has 3 rings (SSSR count). The fraction of sp³-hybridized carbons (Fsp3) is 0.143. The first kappa shape index (κ1) is 12.8. The Hall–Kier alpha value is -1.17. The van der Waals surface area contributed by atoms with Crippen LogP contribution in [0.5, 0.6) is 0 Å². The van der Waals surface area contributed by atoms with Crippen LogP contribution in [0.4, 0.5) is 4.39 Å². The number of fused-ring (bicyclic) bond motifs is 1. The summed E-state index contributed by atoms with van der Waals surface area (Å²) in [5.41, 5.74) is 0.572. The van der Waals surface area contributed by atoms with E-state index in [-0.39, 0.29) is 5.82 Å². The minimum absolute atomic E-state index is 0.316. The van der Waals surface area contributed by atoms with Crippen LogP contribution in [0, 0.1) is 12.7 Å². The van der Waals surface area contributed by atoms with Crippen LogP contribution in [0.1, 0.15) is 21.6 Å². The van der Waals surface area contributed by atoms with Gasteiger partial charge in [-0.25, -0.2) is 4.39 Å². The number of hydrogen-bond acceptors (Lipinski definition) is 3. The lowest BCUT2D eigenvalue weighted by atomic mass is 10.2. The van der Waals surface area contributed by atoms with Crippen molar-refractivity contribution >= 4 is 38.2 Å². The molecular formula is C14H10BrFO2S. The zero-order chi connectivity index (χ0) is 13.6. The minimum Gasteiger partial charge on any atom is -0.458 e. The van der Waals surface area contributed by atoms with E-state index in [1.807, 2.05) is 13.0 Å². The number of aryl methyl sites for hydroxylation is 1. The Bertz CT molecular complexity index is 728. The van der Waals surface area contributed by atoms with Crippen molar-refractivity contribution in [1.82, 2.24) is 0 Å². The number of rotatable bonds is 2. The predicted octanol–water partition coefficient (Wildman–Crippen LogP) is 4.79. The first-order valence-corrected chi connectivity index (χ1v) is 7.28. The molecule has 0 bridgehead atoms. The van der Waals surface area contributed by atoms with Crippen LogP contribution < -0.4 is 0 Å². The van der Waals surface area contributed by atoms with E-state index in [0.717, 1.165) is 14.2 Å². The van der Waals surface area contributed by atoms with E-state index in [0.29, 0.717) is 16.7 Å². The summed E-state index contributed by atoms with van der Waals surface area (Å²) in [6.45, 7) is 1.97. The van der Waals surface area contributed by atoms with Gasteiger partial charge in [0.05, 0.1) is 0 Å². The fourth-order valence-electron chi connectivity index (χ4n) is 1.93. The lowest BCUT2D eigenvalue weighted by Crippen LogP contribution is -1.93. The molecule has 98 valence electrons. The molecule has 3 aromatic rings. The first-order chi connectivity index (χ1) is 9.04. The number of benzene rings is 1. The third kappa shape index (κ3) is 2.33. The number of halogens is 2. The summed E-state index contributed by atoms with van der Waals surface area (Å²) in [6.07, 6.45) is -0.828. The molecule has 1 aromatic carbocycles. The minimum atomic E-state index is -0.828. The molecule has 1 N–H and O–H groups in total. The Morgan fingerprint density at radius 3 is 2.79 bits per heavy atom. The molecule has 0 saturated heterocycles. The average molecular weight is 341 g/mol. The predicted molar refractivity (Wildman–Crippen MR) is 77.0 cm³/mol. The Morgan fingerprint density at radius 2 is 2.11 bits per heavy atom. The average Bonchev–Trinajstić information content (AvgIpc) is 2.92. The maximum absolute atomic E-state index is 13.1. The van der Waals surface area contributed by atoms with Gasteiger partial charge in [-0.3, -0.25) is 0 Å². The number of aliphatic hydroxyl groups is 1. The molecule has 0 spiro atoms. The maximum atomic E-state index is 13.1. The third-order valence-electron chi connectivity index (χ3n) is 2.91. The van der Waals surface area contributed by atoms with Crippen LogP contribution in [0.15, 0.2) is 39.2 Å². The van der Waals surface area contributed by atoms with Gasteiger partial charge in [-0.15, -0.1) is 11.3 Å². The highest BCUT2D eigenvalue weighted by atomic mass is 79.9. The van der Waals surface area contributed by atoms with E-state index in [1.54, 1.807) is 12.1 Å². The summed E-state index contributed by atoms with van der Waals surface area (Å²) >= 11 is 4.92. The van der Waals surface area contributed by atoms with Crippen LogP contribution >= 0.6 is 27.3 Å². The fourth-order valence-corrected chi connectivity index (χ4v) is 3.48. The molecule has 0 amide bonds. The van der Waals surface area contributed by atoms with E-state index in [4.69, 9.17) is 4.42 Å². The van der Waals surface area contributed by atoms with Crippen LogP contribution in [-0.4, -0.2) is 5.11 Å². The molecule has 2 heterocycles. The van der Waals surface area contributed by atoms with Gasteiger partial charge in [-0.2, -0.15) is 0 Å². The van der Waals surface area contributed by atoms with Gasteiger partial charge in [0.1, 0.15) is 23.3 Å². The number of furan rings is 1. The maximum Gasteiger partial charge on any atom is 0.146 e. The summed E-state index contributed by atoms with van der Waals surface area (Å²) in [6, 6.07) is 7.85. The molecule has 19 heavy (non-hydrogen) atoms. The van der Waals surface area contributed by atoms with Crippen molar-refractivity contribution in [3.05, 3.63) is 56.1 Å². The highest BCUT2D eigenvalue weighted by molar-refractivity contribution is 9.10. The molecular weight excluding hydrogens is 331 g/mol. The van der Waals surface area contributed by atoms with Crippen molar-refractivity contribution in [2.45, 2.75) is 13.0 Å². The number of thiophene rings is 1. The van der Waals surface area contributed by atoms with E-state index < -0.39 is 6.10 Å². The Balaban J connectivity index is 2.03. The van der Waals surface area contributed by atoms with Gasteiger partial charge in [0.25, 0.3) is 0 Å². The Kier molecular flexibility index (Phi) is 3.20. The van der Waals surface area contributed by atoms with Gasteiger partial charge in [-0.05, 0) is 53.2 Å². The summed E-state index contributed by atoms with van der Waals surface area (Å²) < 4.78 is 19.6. The van der Waals surface area contributed by atoms with Crippen LogP contribution in [0.2, 0.25) is 0 Å². The van der Waals surface area contributed by atoms with Crippen molar-refractivity contribution in [3.8, 4) is 0 Å². The zero-order valence-electron chi connectivity index (χ0n) is 9.98. The molecule has 0 saturated carbocycles. The van der Waals surface area contributed by atoms with Crippen molar-refractivity contribution in [2.24, 2.45) is 0 Å². The smallest absolute Gasteiger partial charge is 0.146 e. The lowest BCUT2D eigenvalue weighted by molar-refractivity contribution is 0.196. The van der Waals surface area contributed by atoms with E-state index >= 15 is 0 Å². The van der Waals surface area contributed by atoms with Crippen LogP contribution in [0.3, 0.4) is 0 Å². The monoisotopic (exact) mass is 340 g/mol. The molecule has 5 heteroatoms. The van der Waals surface area contributed by atoms with Crippen LogP contribution in [-0.2, 0) is 0 Å². The molecule has 0 radical (unpaired) electrons. The quantitative estimate of drug-likeness (QED) is 0.727. The largest absolute Gasteiger partial charge is 0.458 e. The molecule has 2 nitrogen and oxygen atoms in total. The standard InChI is InChI=1S/C14H10BrFO2S/c1-7-10(15)6-13(19-7)14(17)12-5-8-4-9(16)2-3-11(8)18-12/h2-6,14,17H,1H3. The number of aliphatic hydroxyl groups excluding tert-OH is 1. The normalized spacial score (nSPS) is 13.1. The second kappa shape index (κ2) is 4.74. The molecule has 0 aliphatic carbocycles. The van der Waals surface area contributed by atoms with Crippen LogP contribution in [0.25, 0.3) is 11.0 Å². The summed E-state index contributed by atoms with van der Waals surface area (Å²) in [4.78, 5) is 1.89. The van der Waals surface area contributed by atoms with Gasteiger partial charge < -0.3 is 9.52 Å². The molecule has 1 unspecified atom stereocenters. The number of hydrogen-bond donors (Lipinski definition) is 1. The van der Waals surface area contributed by atoms with Crippen molar-refractivity contribution in [2.75, 3.05) is 0 Å². The van der Waals surface area contributed by atoms with Crippen molar-refractivity contribution in [3.63, 3.8) is 0 Å². The van der Waals surface area contributed by atoms with Crippen molar-refractivity contribution in [1.29, 1.82) is 0 Å². The summed E-state index contributed by atoms with van der Waals surface area (Å²) in [7, 11) is 0. The van der Waals surface area contributed by atoms with Crippen molar-refractivity contribution < 1.29 is 13.9 Å². The summed E-state index contributed by atoms with van der Waals surface area (Å²) in [5, 5.41) is 11.0. The molecule has 0 fully saturated rings.